The van der Waals surface area contributed by atoms with E-state index in [0.717, 1.165) is 0 Å². The van der Waals surface area contributed by atoms with Gasteiger partial charge in [0.05, 0.1) is 5.56 Å². The predicted molar refractivity (Wildman–Crippen MR) is 60.8 cm³/mol. The molecule has 3 N–H and O–H groups in total. The predicted octanol–water partition coefficient (Wildman–Crippen LogP) is 1.77. The second-order valence-electron chi connectivity index (χ2n) is 3.56. The van der Waals surface area contributed by atoms with E-state index in [0.29, 0.717) is 0 Å². The highest BCUT2D eigenvalue weighted by Crippen LogP contribution is 2.41. The van der Waals surface area contributed by atoms with E-state index in [-0.39, 0.29) is 35.8 Å². The van der Waals surface area contributed by atoms with Crippen LogP contribution in [0.5, 0.6) is 17.2 Å². The molecule has 1 rings (SSSR count). The Balaban J connectivity index is 3.71. The summed E-state index contributed by atoms with van der Waals surface area (Å²) in [5.41, 5.74) is -0.581. The standard InChI is InChI=1S/C12H14O5/c1-3-6-10(15)7(5-13)12(17)9(11(6)16)8(14)4-2/h5,15-17H,3-4H2,1-2H3. The zero-order valence-electron chi connectivity index (χ0n) is 9.65. The van der Waals surface area contributed by atoms with Gasteiger partial charge in [-0.05, 0) is 6.42 Å². The number of carbonyl (C=O) groups is 2. The number of aromatic hydroxyl groups is 3. The smallest absolute Gasteiger partial charge is 0.170 e. The number of hydrogen-bond donors (Lipinski definition) is 3. The first kappa shape index (κ1) is 13.0. The van der Waals surface area contributed by atoms with Gasteiger partial charge < -0.3 is 15.3 Å². The summed E-state index contributed by atoms with van der Waals surface area (Å²) in [5, 5.41) is 29.2. The van der Waals surface area contributed by atoms with Gasteiger partial charge in [-0.3, -0.25) is 9.59 Å². The number of benzene rings is 1. The summed E-state index contributed by atoms with van der Waals surface area (Å²) in [7, 11) is 0. The second-order valence-corrected chi connectivity index (χ2v) is 3.56. The summed E-state index contributed by atoms with van der Waals surface area (Å²) >= 11 is 0. The highest BCUT2D eigenvalue weighted by molar-refractivity contribution is 6.05. The lowest BCUT2D eigenvalue weighted by Gasteiger charge is -2.13. The van der Waals surface area contributed by atoms with E-state index in [1.165, 1.54) is 0 Å². The van der Waals surface area contributed by atoms with Gasteiger partial charge >= 0.3 is 0 Å². The molecule has 0 bridgehead atoms. The molecule has 5 nitrogen and oxygen atoms in total. The number of Topliss-reactive ketones (excluding diaryl/α,β-unsaturated/α-hetero) is 1. The van der Waals surface area contributed by atoms with Crippen molar-refractivity contribution in [3.05, 3.63) is 16.7 Å². The first-order chi connectivity index (χ1) is 7.99. The molecule has 17 heavy (non-hydrogen) atoms. The van der Waals surface area contributed by atoms with Crippen LogP contribution in [0.25, 0.3) is 0 Å². The molecule has 0 aliphatic heterocycles. The van der Waals surface area contributed by atoms with E-state index in [2.05, 4.69) is 0 Å². The van der Waals surface area contributed by atoms with Crippen LogP contribution in [0.4, 0.5) is 0 Å². The number of hydrogen-bond acceptors (Lipinski definition) is 5. The summed E-state index contributed by atoms with van der Waals surface area (Å²) in [6, 6.07) is 0. The zero-order valence-corrected chi connectivity index (χ0v) is 9.65. The fourth-order valence-corrected chi connectivity index (χ4v) is 1.67. The van der Waals surface area contributed by atoms with Crippen molar-refractivity contribution in [1.82, 2.24) is 0 Å². The van der Waals surface area contributed by atoms with E-state index in [1.54, 1.807) is 13.8 Å². The van der Waals surface area contributed by atoms with Crippen LogP contribution in [-0.2, 0) is 6.42 Å². The Morgan fingerprint density at radius 2 is 1.71 bits per heavy atom. The maximum atomic E-state index is 11.6. The Morgan fingerprint density at radius 3 is 2.12 bits per heavy atom. The molecule has 0 fully saturated rings. The molecule has 0 saturated heterocycles. The van der Waals surface area contributed by atoms with E-state index in [4.69, 9.17) is 0 Å². The summed E-state index contributed by atoms with van der Waals surface area (Å²) in [6.07, 6.45) is 0.575. The van der Waals surface area contributed by atoms with Crippen molar-refractivity contribution in [2.24, 2.45) is 0 Å². The number of carbonyl (C=O) groups excluding carboxylic acids is 2. The van der Waals surface area contributed by atoms with Crippen LogP contribution in [0.1, 0.15) is 46.5 Å². The fourth-order valence-electron chi connectivity index (χ4n) is 1.67. The van der Waals surface area contributed by atoms with Gasteiger partial charge in [-0.1, -0.05) is 13.8 Å². The molecule has 0 amide bonds. The Labute approximate surface area is 98.3 Å². The van der Waals surface area contributed by atoms with Gasteiger partial charge in [-0.25, -0.2) is 0 Å². The zero-order chi connectivity index (χ0) is 13.2. The Hall–Kier alpha value is -2.04. The van der Waals surface area contributed by atoms with Crippen LogP contribution >= 0.6 is 0 Å². The van der Waals surface area contributed by atoms with Gasteiger partial charge in [0.25, 0.3) is 0 Å². The van der Waals surface area contributed by atoms with E-state index in [1.807, 2.05) is 0 Å². The average Bonchev–Trinajstić information content (AvgIpc) is 2.29. The van der Waals surface area contributed by atoms with E-state index in [9.17, 15) is 24.9 Å². The minimum atomic E-state index is -0.668. The van der Waals surface area contributed by atoms with Gasteiger partial charge in [-0.15, -0.1) is 0 Å². The lowest BCUT2D eigenvalue weighted by atomic mass is 9.96. The molecule has 0 unspecified atom stereocenters. The van der Waals surface area contributed by atoms with Gasteiger partial charge in [0, 0.05) is 12.0 Å². The quantitative estimate of drug-likeness (QED) is 0.549. The monoisotopic (exact) mass is 238 g/mol. The first-order valence-electron chi connectivity index (χ1n) is 5.27. The molecular formula is C12H14O5. The Bertz CT molecular complexity index is 477. The minimum absolute atomic E-state index is 0.0767. The van der Waals surface area contributed by atoms with Crippen LogP contribution in [0.3, 0.4) is 0 Å². The number of phenols is 3. The SMILES string of the molecule is CCC(=O)c1c(O)c(C=O)c(O)c(CC)c1O. The van der Waals surface area contributed by atoms with Crippen molar-refractivity contribution in [3.8, 4) is 17.2 Å². The van der Waals surface area contributed by atoms with Crippen LogP contribution in [0, 0.1) is 0 Å². The molecule has 0 aliphatic carbocycles. The molecular weight excluding hydrogens is 224 g/mol. The number of ketones is 1. The summed E-state index contributed by atoms with van der Waals surface area (Å²) < 4.78 is 0. The second kappa shape index (κ2) is 4.86. The van der Waals surface area contributed by atoms with Crippen LogP contribution in [0.15, 0.2) is 0 Å². The van der Waals surface area contributed by atoms with E-state index < -0.39 is 23.0 Å². The first-order valence-corrected chi connectivity index (χ1v) is 5.27. The lowest BCUT2D eigenvalue weighted by molar-refractivity contribution is 0.0982. The molecule has 1 aromatic rings. The lowest BCUT2D eigenvalue weighted by Crippen LogP contribution is -2.03. The van der Waals surface area contributed by atoms with Crippen molar-refractivity contribution in [1.29, 1.82) is 0 Å². The van der Waals surface area contributed by atoms with Gasteiger partial charge in [0.1, 0.15) is 22.8 Å². The van der Waals surface area contributed by atoms with Crippen molar-refractivity contribution >= 4 is 12.1 Å². The van der Waals surface area contributed by atoms with Crippen molar-refractivity contribution in [2.45, 2.75) is 26.7 Å². The van der Waals surface area contributed by atoms with Crippen molar-refractivity contribution < 1.29 is 24.9 Å². The van der Waals surface area contributed by atoms with Crippen molar-refractivity contribution in [3.63, 3.8) is 0 Å². The third-order valence-electron chi connectivity index (χ3n) is 2.63. The maximum absolute atomic E-state index is 11.6. The van der Waals surface area contributed by atoms with Crippen molar-refractivity contribution in [2.75, 3.05) is 0 Å². The summed E-state index contributed by atoms with van der Waals surface area (Å²) in [4.78, 5) is 22.4. The molecule has 1 aromatic carbocycles. The molecule has 0 spiro atoms. The molecule has 0 aliphatic rings. The maximum Gasteiger partial charge on any atom is 0.170 e. The normalized spacial score (nSPS) is 10.2. The molecule has 0 saturated carbocycles. The van der Waals surface area contributed by atoms with Crippen LogP contribution in [0.2, 0.25) is 0 Å². The van der Waals surface area contributed by atoms with E-state index >= 15 is 0 Å². The third-order valence-corrected chi connectivity index (χ3v) is 2.63. The van der Waals surface area contributed by atoms with Gasteiger partial charge in [0.2, 0.25) is 0 Å². The molecule has 0 heterocycles. The number of phenolic OH excluding ortho intramolecular Hbond substituents is 3. The average molecular weight is 238 g/mol. The van der Waals surface area contributed by atoms with Crippen LogP contribution in [-0.4, -0.2) is 27.4 Å². The summed E-state index contributed by atoms with van der Waals surface area (Å²) in [5.74, 6) is -2.10. The molecule has 0 radical (unpaired) electrons. The fraction of sp³-hybridized carbons (Fsp3) is 0.333. The number of rotatable bonds is 4. The Morgan fingerprint density at radius 1 is 1.12 bits per heavy atom. The largest absolute Gasteiger partial charge is 0.507 e. The molecule has 5 heteroatoms. The highest BCUT2D eigenvalue weighted by atomic mass is 16.3. The minimum Gasteiger partial charge on any atom is -0.507 e. The highest BCUT2D eigenvalue weighted by Gasteiger charge is 2.25. The molecule has 92 valence electrons. The third kappa shape index (κ3) is 1.95. The summed E-state index contributed by atoms with van der Waals surface area (Å²) in [6.45, 7) is 3.22. The number of aldehydes is 1. The Kier molecular flexibility index (Phi) is 3.73. The molecule has 0 aromatic heterocycles. The van der Waals surface area contributed by atoms with Gasteiger partial charge in [-0.2, -0.15) is 0 Å². The molecule has 0 atom stereocenters. The topological polar surface area (TPSA) is 94.8 Å². The van der Waals surface area contributed by atoms with Gasteiger partial charge in [0.15, 0.2) is 12.1 Å². The van der Waals surface area contributed by atoms with Crippen LogP contribution < -0.4 is 0 Å².